The monoisotopic (exact) mass is 273 g/mol. The molecule has 1 amide bonds. The van der Waals surface area contributed by atoms with Crippen LogP contribution in [0.15, 0.2) is 30.3 Å². The molecular formula is C15H19N3O2. The van der Waals surface area contributed by atoms with E-state index < -0.39 is 0 Å². The van der Waals surface area contributed by atoms with E-state index in [1.165, 1.54) is 0 Å². The topological polar surface area (TPSA) is 56.1 Å². The molecule has 0 saturated carbocycles. The second kappa shape index (κ2) is 6.23. The van der Waals surface area contributed by atoms with Gasteiger partial charge in [-0.2, -0.15) is 5.10 Å². The van der Waals surface area contributed by atoms with Gasteiger partial charge in [0.15, 0.2) is 0 Å². The van der Waals surface area contributed by atoms with Crippen molar-refractivity contribution in [2.24, 2.45) is 7.05 Å². The first-order chi connectivity index (χ1) is 9.58. The van der Waals surface area contributed by atoms with Crippen molar-refractivity contribution in [2.75, 3.05) is 12.4 Å². The number of aromatic nitrogens is 2. The van der Waals surface area contributed by atoms with Crippen LogP contribution in [-0.4, -0.2) is 22.8 Å². The number of ether oxygens (including phenoxy) is 1. The van der Waals surface area contributed by atoms with Crippen molar-refractivity contribution in [1.82, 2.24) is 9.78 Å². The normalized spacial score (nSPS) is 10.3. The summed E-state index contributed by atoms with van der Waals surface area (Å²) in [6.45, 7) is 1.90. The summed E-state index contributed by atoms with van der Waals surface area (Å²) in [5.74, 6) is 1.54. The summed E-state index contributed by atoms with van der Waals surface area (Å²) in [5.41, 5.74) is 2.00. The smallest absolute Gasteiger partial charge is 0.225 e. The van der Waals surface area contributed by atoms with Crippen LogP contribution >= 0.6 is 0 Å². The molecule has 1 heterocycles. The summed E-state index contributed by atoms with van der Waals surface area (Å²) in [5, 5.41) is 7.05. The van der Waals surface area contributed by atoms with E-state index in [-0.39, 0.29) is 5.91 Å². The molecule has 0 saturated heterocycles. The first kappa shape index (κ1) is 14.1. The quantitative estimate of drug-likeness (QED) is 0.909. The highest BCUT2D eigenvalue weighted by atomic mass is 16.5. The van der Waals surface area contributed by atoms with Gasteiger partial charge in [-0.3, -0.25) is 9.48 Å². The molecule has 5 heteroatoms. The summed E-state index contributed by atoms with van der Waals surface area (Å²) in [6.07, 6.45) is 1.14. The molecule has 0 spiro atoms. The van der Waals surface area contributed by atoms with E-state index in [4.69, 9.17) is 4.74 Å². The van der Waals surface area contributed by atoms with E-state index in [2.05, 4.69) is 10.4 Å². The highest BCUT2D eigenvalue weighted by Crippen LogP contribution is 2.13. The average Bonchev–Trinajstić information content (AvgIpc) is 2.75. The summed E-state index contributed by atoms with van der Waals surface area (Å²) in [6, 6.07) is 9.60. The van der Waals surface area contributed by atoms with Crippen molar-refractivity contribution >= 4 is 11.7 Å². The maximum Gasteiger partial charge on any atom is 0.225 e. The van der Waals surface area contributed by atoms with Gasteiger partial charge >= 0.3 is 0 Å². The van der Waals surface area contributed by atoms with Gasteiger partial charge in [0.25, 0.3) is 0 Å². The molecule has 1 aromatic heterocycles. The number of methoxy groups -OCH3 is 1. The Morgan fingerprint density at radius 2 is 2.05 bits per heavy atom. The molecule has 5 nitrogen and oxygen atoms in total. The van der Waals surface area contributed by atoms with Crippen molar-refractivity contribution in [2.45, 2.75) is 19.8 Å². The number of nitrogens with one attached hydrogen (secondary N) is 1. The molecule has 0 atom stereocenters. The number of amides is 1. The number of hydrogen-bond donors (Lipinski definition) is 1. The SMILES string of the molecule is COc1ccc(CCC(=O)Nc2cc(C)nn2C)cc1. The molecule has 1 aromatic carbocycles. The number of anilines is 1. The van der Waals surface area contributed by atoms with Crippen LogP contribution < -0.4 is 10.1 Å². The minimum Gasteiger partial charge on any atom is -0.497 e. The van der Waals surface area contributed by atoms with Crippen molar-refractivity contribution in [3.05, 3.63) is 41.6 Å². The number of carbonyl (C=O) groups is 1. The molecule has 106 valence electrons. The Kier molecular flexibility index (Phi) is 4.40. The van der Waals surface area contributed by atoms with Gasteiger partial charge < -0.3 is 10.1 Å². The lowest BCUT2D eigenvalue weighted by Gasteiger charge is -2.06. The first-order valence-electron chi connectivity index (χ1n) is 6.52. The first-order valence-corrected chi connectivity index (χ1v) is 6.52. The van der Waals surface area contributed by atoms with E-state index in [0.717, 1.165) is 22.8 Å². The number of nitrogens with zero attached hydrogens (tertiary/aromatic N) is 2. The molecule has 2 aromatic rings. The number of rotatable bonds is 5. The lowest BCUT2D eigenvalue weighted by Crippen LogP contribution is -2.14. The highest BCUT2D eigenvalue weighted by molar-refractivity contribution is 5.90. The second-order valence-electron chi connectivity index (χ2n) is 4.69. The van der Waals surface area contributed by atoms with Gasteiger partial charge in [0, 0.05) is 19.5 Å². The number of hydrogen-bond acceptors (Lipinski definition) is 3. The Labute approximate surface area is 118 Å². The van der Waals surface area contributed by atoms with Crippen LogP contribution in [0.5, 0.6) is 5.75 Å². The Morgan fingerprint density at radius 3 is 2.60 bits per heavy atom. The zero-order valence-corrected chi connectivity index (χ0v) is 12.0. The third-order valence-electron chi connectivity index (χ3n) is 3.07. The van der Waals surface area contributed by atoms with E-state index >= 15 is 0 Å². The van der Waals surface area contributed by atoms with Crippen molar-refractivity contribution in [3.63, 3.8) is 0 Å². The summed E-state index contributed by atoms with van der Waals surface area (Å²) in [4.78, 5) is 11.9. The standard InChI is InChI=1S/C15H19N3O2/c1-11-10-14(18(2)17-11)16-15(19)9-6-12-4-7-13(20-3)8-5-12/h4-5,7-8,10H,6,9H2,1-3H3,(H,16,19). The third kappa shape index (κ3) is 3.60. The molecule has 0 radical (unpaired) electrons. The van der Waals surface area contributed by atoms with Gasteiger partial charge in [0.05, 0.1) is 12.8 Å². The molecule has 1 N–H and O–H groups in total. The Morgan fingerprint density at radius 1 is 1.35 bits per heavy atom. The van der Waals surface area contributed by atoms with E-state index in [0.29, 0.717) is 12.8 Å². The predicted molar refractivity (Wildman–Crippen MR) is 77.9 cm³/mol. The minimum atomic E-state index is -0.0104. The van der Waals surface area contributed by atoms with E-state index in [1.807, 2.05) is 44.3 Å². The van der Waals surface area contributed by atoms with Crippen molar-refractivity contribution in [1.29, 1.82) is 0 Å². The molecule has 2 rings (SSSR count). The van der Waals surface area contributed by atoms with Gasteiger partial charge in [-0.05, 0) is 31.0 Å². The number of aryl methyl sites for hydroxylation is 3. The van der Waals surface area contributed by atoms with E-state index in [1.54, 1.807) is 11.8 Å². The number of carbonyl (C=O) groups excluding carboxylic acids is 1. The zero-order valence-electron chi connectivity index (χ0n) is 12.0. The van der Waals surface area contributed by atoms with Crippen molar-refractivity contribution < 1.29 is 9.53 Å². The maximum absolute atomic E-state index is 11.9. The average molecular weight is 273 g/mol. The lowest BCUT2D eigenvalue weighted by atomic mass is 10.1. The fraction of sp³-hybridized carbons (Fsp3) is 0.333. The Balaban J connectivity index is 1.87. The van der Waals surface area contributed by atoms with Crippen molar-refractivity contribution in [3.8, 4) is 5.75 Å². The maximum atomic E-state index is 11.9. The molecule has 0 aliphatic heterocycles. The molecule has 0 bridgehead atoms. The minimum absolute atomic E-state index is 0.0104. The molecule has 0 unspecified atom stereocenters. The van der Waals surface area contributed by atoms with Crippen LogP contribution in [0.3, 0.4) is 0 Å². The van der Waals surface area contributed by atoms with Gasteiger partial charge in [-0.1, -0.05) is 12.1 Å². The summed E-state index contributed by atoms with van der Waals surface area (Å²) in [7, 11) is 3.45. The molecule has 0 aliphatic carbocycles. The largest absolute Gasteiger partial charge is 0.497 e. The second-order valence-corrected chi connectivity index (χ2v) is 4.69. The van der Waals surface area contributed by atoms with Gasteiger partial charge in [-0.15, -0.1) is 0 Å². The Hall–Kier alpha value is -2.30. The van der Waals surface area contributed by atoms with Gasteiger partial charge in [0.2, 0.25) is 5.91 Å². The fourth-order valence-corrected chi connectivity index (χ4v) is 1.98. The molecule has 0 fully saturated rings. The third-order valence-corrected chi connectivity index (χ3v) is 3.07. The molecular weight excluding hydrogens is 254 g/mol. The van der Waals surface area contributed by atoms with Crippen LogP contribution in [0.2, 0.25) is 0 Å². The van der Waals surface area contributed by atoms with Gasteiger partial charge in [-0.25, -0.2) is 0 Å². The summed E-state index contributed by atoms with van der Waals surface area (Å²) < 4.78 is 6.77. The zero-order chi connectivity index (χ0) is 14.5. The van der Waals surface area contributed by atoms with Crippen LogP contribution in [0.25, 0.3) is 0 Å². The van der Waals surface area contributed by atoms with E-state index in [9.17, 15) is 4.79 Å². The summed E-state index contributed by atoms with van der Waals surface area (Å²) >= 11 is 0. The lowest BCUT2D eigenvalue weighted by molar-refractivity contribution is -0.116. The fourth-order valence-electron chi connectivity index (χ4n) is 1.98. The van der Waals surface area contributed by atoms with Crippen LogP contribution in [0.4, 0.5) is 5.82 Å². The molecule has 20 heavy (non-hydrogen) atoms. The van der Waals surface area contributed by atoms with Crippen LogP contribution in [-0.2, 0) is 18.3 Å². The molecule has 0 aliphatic rings. The highest BCUT2D eigenvalue weighted by Gasteiger charge is 2.07. The van der Waals surface area contributed by atoms with Crippen LogP contribution in [0.1, 0.15) is 17.7 Å². The van der Waals surface area contributed by atoms with Crippen LogP contribution in [0, 0.1) is 6.92 Å². The number of benzene rings is 1. The van der Waals surface area contributed by atoms with Gasteiger partial charge in [0.1, 0.15) is 11.6 Å². The predicted octanol–water partition coefficient (Wildman–Crippen LogP) is 2.31. The Bertz CT molecular complexity index is 588.